The van der Waals surface area contributed by atoms with E-state index in [4.69, 9.17) is 0 Å². The van der Waals surface area contributed by atoms with E-state index in [1.807, 2.05) is 46.6 Å². The zero-order valence-electron chi connectivity index (χ0n) is 14.1. The number of rotatable bonds is 1. The van der Waals surface area contributed by atoms with Crippen LogP contribution in [0.4, 0.5) is 5.13 Å². The predicted octanol–water partition coefficient (Wildman–Crippen LogP) is 4.02. The zero-order chi connectivity index (χ0) is 16.4. The molecule has 0 aliphatic carbocycles. The molecule has 0 radical (unpaired) electrons. The summed E-state index contributed by atoms with van der Waals surface area (Å²) in [5, 5.41) is 20.3. The lowest BCUT2D eigenvalue weighted by atomic mass is 10.6. The van der Waals surface area contributed by atoms with Crippen molar-refractivity contribution in [2.75, 3.05) is 12.4 Å². The molecule has 0 fully saturated rings. The Labute approximate surface area is 136 Å². The Hall–Kier alpha value is -1.15. The van der Waals surface area contributed by atoms with Crippen molar-refractivity contribution in [3.8, 4) is 0 Å². The number of aromatic nitrogens is 2. The molecule has 1 aliphatic rings. The number of nitrogens with zero attached hydrogens (tertiary/aromatic N) is 5. The van der Waals surface area contributed by atoms with Crippen molar-refractivity contribution >= 4 is 39.2 Å². The van der Waals surface area contributed by atoms with Crippen molar-refractivity contribution in [3.63, 3.8) is 0 Å². The molecule has 1 N–H and O–H groups in total. The van der Waals surface area contributed by atoms with Crippen LogP contribution in [-0.4, -0.2) is 38.6 Å². The van der Waals surface area contributed by atoms with Crippen LogP contribution in [0.2, 0.25) is 0 Å². The van der Waals surface area contributed by atoms with E-state index in [0.29, 0.717) is 5.96 Å². The van der Waals surface area contributed by atoms with Crippen molar-refractivity contribution in [1.82, 2.24) is 15.2 Å². The molecule has 120 valence electrons. The van der Waals surface area contributed by atoms with E-state index < -0.39 is 0 Å². The summed E-state index contributed by atoms with van der Waals surface area (Å²) in [7, 11) is 1.73. The molecular weight excluding hydrogens is 304 g/mol. The number of thioether (sulfide) groups is 1. The van der Waals surface area contributed by atoms with E-state index in [9.17, 15) is 0 Å². The van der Waals surface area contributed by atoms with Gasteiger partial charge in [0.2, 0.25) is 11.1 Å². The van der Waals surface area contributed by atoms with E-state index >= 15 is 0 Å². The van der Waals surface area contributed by atoms with Gasteiger partial charge in [-0.2, -0.15) is 5.10 Å². The Balaban J connectivity index is 0.000000921. The minimum absolute atomic E-state index is 0.246. The molecule has 6 nitrogen and oxygen atoms in total. The van der Waals surface area contributed by atoms with Gasteiger partial charge < -0.3 is 0 Å². The Bertz CT molecular complexity index is 469. The van der Waals surface area contributed by atoms with Gasteiger partial charge in [0, 0.05) is 7.05 Å². The largest absolute Gasteiger partial charge is 0.299 e. The Morgan fingerprint density at radius 1 is 1.19 bits per heavy atom. The second-order valence-electron chi connectivity index (χ2n) is 3.48. The van der Waals surface area contributed by atoms with Gasteiger partial charge in [-0.25, -0.2) is 5.01 Å². The normalized spacial score (nSPS) is 17.3. The second-order valence-corrected chi connectivity index (χ2v) is 6.17. The average Bonchev–Trinajstić information content (AvgIpc) is 3.06. The number of aliphatic imine (C=N–C) groups is 1. The zero-order valence-corrected chi connectivity index (χ0v) is 15.8. The van der Waals surface area contributed by atoms with Crippen LogP contribution in [0, 0.1) is 6.92 Å². The maximum Gasteiger partial charge on any atom is 0.222 e. The Kier molecular flexibility index (Phi) is 9.98. The number of hydrazone groups is 1. The third kappa shape index (κ3) is 6.01. The van der Waals surface area contributed by atoms with Crippen LogP contribution < -0.4 is 5.32 Å². The molecule has 0 amide bonds. The maximum atomic E-state index is 4.42. The van der Waals surface area contributed by atoms with Crippen molar-refractivity contribution < 1.29 is 0 Å². The fraction of sp³-hybridized carbons (Fsp3) is 0.692. The van der Waals surface area contributed by atoms with E-state index in [1.54, 1.807) is 18.8 Å². The summed E-state index contributed by atoms with van der Waals surface area (Å²) in [5.41, 5.74) is 0. The lowest BCUT2D eigenvalue weighted by Crippen LogP contribution is -2.34. The average molecular weight is 331 g/mol. The maximum absolute atomic E-state index is 4.42. The summed E-state index contributed by atoms with van der Waals surface area (Å²) in [6, 6.07) is 0. The Morgan fingerprint density at radius 3 is 2.19 bits per heavy atom. The first-order valence-electron chi connectivity index (χ1n) is 7.15. The first kappa shape index (κ1) is 19.9. The molecule has 2 rings (SSSR count). The summed E-state index contributed by atoms with van der Waals surface area (Å²) in [5.74, 6) is 0.693. The van der Waals surface area contributed by atoms with Crippen molar-refractivity contribution in [1.29, 1.82) is 0 Å². The highest BCUT2D eigenvalue weighted by atomic mass is 32.2. The van der Waals surface area contributed by atoms with Crippen LogP contribution in [0.25, 0.3) is 0 Å². The molecule has 1 atom stereocenters. The van der Waals surface area contributed by atoms with Gasteiger partial charge >= 0.3 is 0 Å². The van der Waals surface area contributed by atoms with Gasteiger partial charge in [-0.15, -0.1) is 10.2 Å². The van der Waals surface area contributed by atoms with E-state index in [-0.39, 0.29) is 5.37 Å². The van der Waals surface area contributed by atoms with Crippen molar-refractivity contribution in [2.24, 2.45) is 10.1 Å². The van der Waals surface area contributed by atoms with Crippen LogP contribution in [0.15, 0.2) is 10.1 Å². The van der Waals surface area contributed by atoms with Gasteiger partial charge in [0.1, 0.15) is 10.4 Å². The highest BCUT2D eigenvalue weighted by Gasteiger charge is 2.25. The summed E-state index contributed by atoms with van der Waals surface area (Å²) in [4.78, 5) is 4.21. The predicted molar refractivity (Wildman–Crippen MR) is 96.3 cm³/mol. The van der Waals surface area contributed by atoms with Crippen LogP contribution in [-0.2, 0) is 0 Å². The van der Waals surface area contributed by atoms with E-state index in [2.05, 4.69) is 32.5 Å². The van der Waals surface area contributed by atoms with Crippen LogP contribution in [0.5, 0.6) is 0 Å². The lowest BCUT2D eigenvalue weighted by Gasteiger charge is -2.20. The highest BCUT2D eigenvalue weighted by Crippen LogP contribution is 2.26. The summed E-state index contributed by atoms with van der Waals surface area (Å²) >= 11 is 3.21. The fourth-order valence-electron chi connectivity index (χ4n) is 1.43. The van der Waals surface area contributed by atoms with Gasteiger partial charge in [0.25, 0.3) is 0 Å². The molecule has 0 spiro atoms. The number of aryl methyl sites for hydroxylation is 1. The summed E-state index contributed by atoms with van der Waals surface area (Å²) < 4.78 is 0. The van der Waals surface area contributed by atoms with Crippen molar-refractivity contribution in [2.45, 2.75) is 53.8 Å². The summed E-state index contributed by atoms with van der Waals surface area (Å²) in [6.45, 7) is 14.0. The molecular formula is C13H26N6S2. The minimum Gasteiger partial charge on any atom is -0.299 e. The second kappa shape index (κ2) is 10.6. The standard InChI is InChI=1S/C9H14N6S2.2C2H6/c1-5-12-13-9(17-5)11-8(10-4)15-7(3)16-6(2)14-15;2*1-2/h7H,1-4H3,(H,10,11,13);2*1-2H3. The molecule has 1 aromatic heterocycles. The first-order chi connectivity index (χ1) is 10.1. The highest BCUT2D eigenvalue weighted by molar-refractivity contribution is 8.14. The Morgan fingerprint density at radius 2 is 1.81 bits per heavy atom. The fourth-order valence-corrected chi connectivity index (χ4v) is 2.89. The molecule has 1 unspecified atom stereocenters. The van der Waals surface area contributed by atoms with E-state index in [0.717, 1.165) is 15.2 Å². The molecule has 21 heavy (non-hydrogen) atoms. The minimum atomic E-state index is 0.246. The molecule has 2 heterocycles. The van der Waals surface area contributed by atoms with Gasteiger partial charge in [-0.1, -0.05) is 50.8 Å². The van der Waals surface area contributed by atoms with Crippen LogP contribution in [0.3, 0.4) is 0 Å². The molecule has 8 heteroatoms. The molecule has 0 saturated carbocycles. The quantitative estimate of drug-likeness (QED) is 0.622. The lowest BCUT2D eigenvalue weighted by molar-refractivity contribution is 0.448. The molecule has 0 saturated heterocycles. The number of hydrogen-bond acceptors (Lipinski definition) is 6. The number of hydrogen-bond donors (Lipinski definition) is 1. The van der Waals surface area contributed by atoms with Gasteiger partial charge in [0.05, 0.1) is 5.04 Å². The van der Waals surface area contributed by atoms with E-state index in [1.165, 1.54) is 11.3 Å². The molecule has 1 aliphatic heterocycles. The molecule has 0 aromatic carbocycles. The SMILES string of the molecule is CC.CC.CN=C(Nc1nnc(C)s1)N1N=C(C)SC1C. The molecule has 1 aromatic rings. The third-order valence-electron chi connectivity index (χ3n) is 2.11. The van der Waals surface area contributed by atoms with Gasteiger partial charge in [-0.3, -0.25) is 10.3 Å². The van der Waals surface area contributed by atoms with Gasteiger partial charge in [-0.05, 0) is 20.8 Å². The van der Waals surface area contributed by atoms with Gasteiger partial charge in [0.15, 0.2) is 0 Å². The molecule has 0 bridgehead atoms. The summed E-state index contributed by atoms with van der Waals surface area (Å²) in [6.07, 6.45) is 0. The first-order valence-corrected chi connectivity index (χ1v) is 8.85. The van der Waals surface area contributed by atoms with Crippen LogP contribution >= 0.6 is 23.1 Å². The number of anilines is 1. The smallest absolute Gasteiger partial charge is 0.222 e. The van der Waals surface area contributed by atoms with Crippen molar-refractivity contribution in [3.05, 3.63) is 5.01 Å². The number of nitrogens with one attached hydrogen (secondary N) is 1. The number of guanidine groups is 1. The monoisotopic (exact) mass is 330 g/mol. The third-order valence-corrected chi connectivity index (χ3v) is 3.83. The van der Waals surface area contributed by atoms with Crippen LogP contribution in [0.1, 0.15) is 46.6 Å². The topological polar surface area (TPSA) is 65.8 Å².